The molecule has 0 bridgehead atoms. The molecule has 182 valence electrons. The van der Waals surface area contributed by atoms with Gasteiger partial charge in [0.05, 0.1) is 6.61 Å². The number of hydrogen-bond acceptors (Lipinski definition) is 6. The van der Waals surface area contributed by atoms with Crippen LogP contribution in [0.3, 0.4) is 0 Å². The van der Waals surface area contributed by atoms with Crippen molar-refractivity contribution in [2.75, 3.05) is 11.9 Å². The third kappa shape index (κ3) is 4.61. The number of thioether (sulfide) groups is 1. The molecule has 1 atom stereocenters. The number of para-hydroxylation sites is 1. The molecule has 7 heteroatoms. The first kappa shape index (κ1) is 23.7. The standard InChI is InChI=1S/C28H32N4O2S/c1-6-34-23-10-8-7-9-20(23)25-24-21(14-28(4,5)15-22(24)33)29-26-30-27(31-32(25)26)35-16-19-13-17(2)11-12-18(19)3/h7-13,25H,6,14-16H2,1-5H3,(H,29,30,31). The predicted octanol–water partition coefficient (Wildman–Crippen LogP) is 6.24. The lowest BCUT2D eigenvalue weighted by Gasteiger charge is -2.38. The summed E-state index contributed by atoms with van der Waals surface area (Å²) in [5.41, 5.74) is 6.36. The molecule has 2 aromatic carbocycles. The highest BCUT2D eigenvalue weighted by atomic mass is 32.2. The van der Waals surface area contributed by atoms with Crippen molar-refractivity contribution < 1.29 is 9.53 Å². The van der Waals surface area contributed by atoms with E-state index in [1.165, 1.54) is 16.7 Å². The van der Waals surface area contributed by atoms with E-state index in [1.54, 1.807) is 11.8 Å². The van der Waals surface area contributed by atoms with Crippen LogP contribution in [0.2, 0.25) is 0 Å². The normalized spacial score (nSPS) is 18.7. The fourth-order valence-electron chi connectivity index (χ4n) is 5.03. The van der Waals surface area contributed by atoms with E-state index in [1.807, 2.05) is 35.9 Å². The second-order valence-corrected chi connectivity index (χ2v) is 11.2. The zero-order chi connectivity index (χ0) is 24.7. The van der Waals surface area contributed by atoms with E-state index in [0.717, 1.165) is 34.8 Å². The molecule has 0 spiro atoms. The van der Waals surface area contributed by atoms with Crippen molar-refractivity contribution in [2.45, 2.75) is 64.4 Å². The number of ketones is 1. The molecule has 0 radical (unpaired) electrons. The summed E-state index contributed by atoms with van der Waals surface area (Å²) in [7, 11) is 0. The second-order valence-electron chi connectivity index (χ2n) is 10.2. The Balaban J connectivity index is 1.56. The van der Waals surface area contributed by atoms with Gasteiger partial charge in [0.2, 0.25) is 11.1 Å². The molecule has 1 aromatic heterocycles. The van der Waals surface area contributed by atoms with Crippen LogP contribution in [0.25, 0.3) is 0 Å². The van der Waals surface area contributed by atoms with Gasteiger partial charge in [0.15, 0.2) is 5.78 Å². The molecule has 1 aliphatic heterocycles. The van der Waals surface area contributed by atoms with Crippen LogP contribution in [0.4, 0.5) is 5.95 Å². The number of aromatic nitrogens is 3. The molecule has 5 rings (SSSR count). The number of hydrogen-bond donors (Lipinski definition) is 1. The first-order valence-electron chi connectivity index (χ1n) is 12.2. The fourth-order valence-corrected chi connectivity index (χ4v) is 5.92. The maximum Gasteiger partial charge on any atom is 0.227 e. The molecule has 35 heavy (non-hydrogen) atoms. The quantitative estimate of drug-likeness (QED) is 0.414. The third-order valence-corrected chi connectivity index (χ3v) is 7.57. The summed E-state index contributed by atoms with van der Waals surface area (Å²) in [5.74, 6) is 2.40. The van der Waals surface area contributed by atoms with Gasteiger partial charge in [-0.2, -0.15) is 4.98 Å². The zero-order valence-corrected chi connectivity index (χ0v) is 21.8. The van der Waals surface area contributed by atoms with Crippen molar-refractivity contribution in [3.05, 3.63) is 76.0 Å². The molecule has 1 aliphatic carbocycles. The van der Waals surface area contributed by atoms with E-state index >= 15 is 0 Å². The maximum absolute atomic E-state index is 13.5. The van der Waals surface area contributed by atoms with Crippen molar-refractivity contribution in [2.24, 2.45) is 5.41 Å². The number of fused-ring (bicyclic) bond motifs is 1. The van der Waals surface area contributed by atoms with E-state index in [-0.39, 0.29) is 17.2 Å². The lowest BCUT2D eigenvalue weighted by atomic mass is 9.73. The van der Waals surface area contributed by atoms with Gasteiger partial charge in [-0.25, -0.2) is 4.68 Å². The summed E-state index contributed by atoms with van der Waals surface area (Å²) < 4.78 is 7.85. The molecule has 3 aromatic rings. The highest BCUT2D eigenvalue weighted by molar-refractivity contribution is 7.98. The summed E-state index contributed by atoms with van der Waals surface area (Å²) in [5, 5.41) is 9.07. The van der Waals surface area contributed by atoms with Crippen molar-refractivity contribution in [3.8, 4) is 5.75 Å². The molecular weight excluding hydrogens is 456 g/mol. The van der Waals surface area contributed by atoms with Crippen molar-refractivity contribution in [3.63, 3.8) is 0 Å². The minimum absolute atomic E-state index is 0.102. The molecule has 1 N–H and O–H groups in total. The average molecular weight is 489 g/mol. The number of nitrogens with one attached hydrogen (secondary N) is 1. The van der Waals surface area contributed by atoms with Crippen LogP contribution < -0.4 is 10.1 Å². The molecule has 2 heterocycles. The minimum atomic E-state index is -0.366. The van der Waals surface area contributed by atoms with E-state index in [9.17, 15) is 4.79 Å². The van der Waals surface area contributed by atoms with Crippen LogP contribution in [0.5, 0.6) is 5.75 Å². The maximum atomic E-state index is 13.5. The molecule has 2 aliphatic rings. The molecule has 0 saturated carbocycles. The van der Waals surface area contributed by atoms with Gasteiger partial charge in [-0.1, -0.05) is 67.6 Å². The summed E-state index contributed by atoms with van der Waals surface area (Å²) in [6.07, 6.45) is 1.30. The third-order valence-electron chi connectivity index (χ3n) is 6.69. The molecule has 0 amide bonds. The monoisotopic (exact) mass is 488 g/mol. The van der Waals surface area contributed by atoms with E-state index in [2.05, 4.69) is 51.2 Å². The van der Waals surface area contributed by atoms with Crippen LogP contribution in [-0.4, -0.2) is 27.2 Å². The van der Waals surface area contributed by atoms with Gasteiger partial charge in [-0.3, -0.25) is 4.79 Å². The largest absolute Gasteiger partial charge is 0.494 e. The number of benzene rings is 2. The Labute approximate surface area is 211 Å². The first-order chi connectivity index (χ1) is 16.8. The average Bonchev–Trinajstić information content (AvgIpc) is 3.20. The van der Waals surface area contributed by atoms with Crippen LogP contribution in [-0.2, 0) is 10.5 Å². The number of Topliss-reactive ketones (excluding diaryl/α,β-unsaturated/α-hetero) is 1. The van der Waals surface area contributed by atoms with Gasteiger partial charge < -0.3 is 10.1 Å². The lowest BCUT2D eigenvalue weighted by Crippen LogP contribution is -2.36. The van der Waals surface area contributed by atoms with E-state index in [4.69, 9.17) is 14.8 Å². The van der Waals surface area contributed by atoms with Crippen LogP contribution in [0, 0.1) is 19.3 Å². The fraction of sp³-hybridized carbons (Fsp3) is 0.393. The van der Waals surface area contributed by atoms with Gasteiger partial charge in [0.1, 0.15) is 11.8 Å². The summed E-state index contributed by atoms with van der Waals surface area (Å²) in [6.45, 7) is 11.1. The van der Waals surface area contributed by atoms with Crippen molar-refractivity contribution in [1.29, 1.82) is 0 Å². The summed E-state index contributed by atoms with van der Waals surface area (Å²) in [4.78, 5) is 18.3. The Bertz CT molecular complexity index is 1320. The molecule has 0 saturated heterocycles. The Morgan fingerprint density at radius 2 is 1.97 bits per heavy atom. The zero-order valence-electron chi connectivity index (χ0n) is 21.0. The SMILES string of the molecule is CCOc1ccccc1C1C2=C(CC(C)(C)CC2=O)Nc2nc(SCc3cc(C)ccc3C)nn21. The molecule has 0 fully saturated rings. The van der Waals surface area contributed by atoms with Crippen molar-refractivity contribution in [1.82, 2.24) is 14.8 Å². The first-order valence-corrected chi connectivity index (χ1v) is 13.1. The van der Waals surface area contributed by atoms with Crippen LogP contribution in [0.15, 0.2) is 58.9 Å². The Morgan fingerprint density at radius 1 is 1.17 bits per heavy atom. The molecule has 6 nitrogen and oxygen atoms in total. The number of aryl methyl sites for hydroxylation is 2. The smallest absolute Gasteiger partial charge is 0.227 e. The van der Waals surface area contributed by atoms with Crippen molar-refractivity contribution >= 4 is 23.5 Å². The molecule has 1 unspecified atom stereocenters. The van der Waals surface area contributed by atoms with Gasteiger partial charge in [0.25, 0.3) is 0 Å². The Kier molecular flexibility index (Phi) is 6.21. The predicted molar refractivity (Wildman–Crippen MR) is 140 cm³/mol. The lowest BCUT2D eigenvalue weighted by molar-refractivity contribution is -0.118. The van der Waals surface area contributed by atoms with Gasteiger partial charge in [-0.05, 0) is 49.8 Å². The van der Waals surface area contributed by atoms with Crippen LogP contribution >= 0.6 is 11.8 Å². The minimum Gasteiger partial charge on any atom is -0.494 e. The van der Waals surface area contributed by atoms with Gasteiger partial charge in [-0.15, -0.1) is 5.10 Å². The van der Waals surface area contributed by atoms with E-state index < -0.39 is 0 Å². The molecular formula is C28H32N4O2S. The Hall–Kier alpha value is -3.06. The number of nitrogens with zero attached hydrogens (tertiary/aromatic N) is 3. The highest BCUT2D eigenvalue weighted by Gasteiger charge is 2.42. The number of anilines is 1. The number of ether oxygens (including phenoxy) is 1. The number of carbonyl (C=O) groups is 1. The number of rotatable bonds is 6. The second kappa shape index (κ2) is 9.19. The summed E-state index contributed by atoms with van der Waals surface area (Å²) >= 11 is 1.62. The van der Waals surface area contributed by atoms with Gasteiger partial charge >= 0.3 is 0 Å². The topological polar surface area (TPSA) is 69.0 Å². The highest BCUT2D eigenvalue weighted by Crippen LogP contribution is 2.47. The van der Waals surface area contributed by atoms with E-state index in [0.29, 0.717) is 24.1 Å². The number of allylic oxidation sites excluding steroid dienone is 2. The van der Waals surface area contributed by atoms with Gasteiger partial charge in [0, 0.05) is 29.0 Å². The number of carbonyl (C=O) groups excluding carboxylic acids is 1. The Morgan fingerprint density at radius 3 is 2.77 bits per heavy atom. The van der Waals surface area contributed by atoms with Crippen LogP contribution in [0.1, 0.15) is 61.9 Å². The summed E-state index contributed by atoms with van der Waals surface area (Å²) in [6, 6.07) is 14.1.